The molecule has 1 atom stereocenters. The second kappa shape index (κ2) is 5.49. The molecular formula is C13H12ClFN4S. The maximum atomic E-state index is 13.9. The van der Waals surface area contributed by atoms with E-state index < -0.39 is 6.04 Å². The highest BCUT2D eigenvalue weighted by Crippen LogP contribution is 2.28. The number of nitrogens with zero attached hydrogens (tertiary/aromatic N) is 2. The number of imidazole rings is 1. The van der Waals surface area contributed by atoms with Gasteiger partial charge in [0.15, 0.2) is 4.96 Å². The number of benzene rings is 1. The van der Waals surface area contributed by atoms with Gasteiger partial charge in [0, 0.05) is 34.8 Å². The molecule has 0 fully saturated rings. The number of fused-ring (bicyclic) bond motifs is 1. The van der Waals surface area contributed by atoms with Crippen molar-refractivity contribution in [2.45, 2.75) is 12.5 Å². The number of nitrogens with two attached hydrogens (primary N) is 1. The minimum atomic E-state index is -0.423. The third-order valence-electron chi connectivity index (χ3n) is 3.11. The molecule has 2 heterocycles. The van der Waals surface area contributed by atoms with Crippen LogP contribution in [-0.4, -0.2) is 9.38 Å². The van der Waals surface area contributed by atoms with Gasteiger partial charge in [-0.15, -0.1) is 11.3 Å². The number of halogens is 2. The summed E-state index contributed by atoms with van der Waals surface area (Å²) in [5.41, 5.74) is 3.82. The van der Waals surface area contributed by atoms with Crippen LogP contribution in [0.2, 0.25) is 5.02 Å². The summed E-state index contributed by atoms with van der Waals surface area (Å²) < 4.78 is 15.9. The van der Waals surface area contributed by atoms with Gasteiger partial charge in [0.05, 0.1) is 11.7 Å². The van der Waals surface area contributed by atoms with E-state index >= 15 is 0 Å². The van der Waals surface area contributed by atoms with E-state index in [-0.39, 0.29) is 5.82 Å². The van der Waals surface area contributed by atoms with E-state index in [9.17, 15) is 4.39 Å². The molecule has 0 spiro atoms. The molecule has 1 aromatic carbocycles. The molecular weight excluding hydrogens is 299 g/mol. The highest BCUT2D eigenvalue weighted by Gasteiger charge is 2.19. The van der Waals surface area contributed by atoms with Crippen LogP contribution in [0.15, 0.2) is 36.0 Å². The van der Waals surface area contributed by atoms with Crippen LogP contribution in [0.3, 0.4) is 0 Å². The van der Waals surface area contributed by atoms with Crippen LogP contribution < -0.4 is 11.3 Å². The smallest absolute Gasteiger partial charge is 0.193 e. The SMILES string of the molecule is NNC(Cc1cn2ccsc2n1)c1c(F)cccc1Cl. The highest BCUT2D eigenvalue weighted by molar-refractivity contribution is 7.15. The summed E-state index contributed by atoms with van der Waals surface area (Å²) in [6.07, 6.45) is 4.30. The van der Waals surface area contributed by atoms with E-state index in [1.807, 2.05) is 22.2 Å². The Balaban J connectivity index is 1.92. The molecule has 3 rings (SSSR count). The van der Waals surface area contributed by atoms with Gasteiger partial charge < -0.3 is 0 Å². The first-order valence-electron chi connectivity index (χ1n) is 6.00. The van der Waals surface area contributed by atoms with E-state index in [1.165, 1.54) is 6.07 Å². The summed E-state index contributed by atoms with van der Waals surface area (Å²) in [4.78, 5) is 5.36. The Morgan fingerprint density at radius 2 is 2.35 bits per heavy atom. The van der Waals surface area contributed by atoms with Crippen molar-refractivity contribution in [1.29, 1.82) is 0 Å². The van der Waals surface area contributed by atoms with E-state index in [0.717, 1.165) is 10.7 Å². The summed E-state index contributed by atoms with van der Waals surface area (Å²) in [6, 6.07) is 4.17. The largest absolute Gasteiger partial charge is 0.297 e. The van der Waals surface area contributed by atoms with Crippen molar-refractivity contribution in [3.05, 3.63) is 58.1 Å². The van der Waals surface area contributed by atoms with Crippen LogP contribution in [0.1, 0.15) is 17.3 Å². The van der Waals surface area contributed by atoms with Crippen LogP contribution in [0.4, 0.5) is 4.39 Å². The summed E-state index contributed by atoms with van der Waals surface area (Å²) in [7, 11) is 0. The Morgan fingerprint density at radius 1 is 1.50 bits per heavy atom. The molecule has 3 N–H and O–H groups in total. The molecule has 4 nitrogen and oxygen atoms in total. The number of hydrogen-bond acceptors (Lipinski definition) is 4. The van der Waals surface area contributed by atoms with Crippen molar-refractivity contribution >= 4 is 27.9 Å². The Hall–Kier alpha value is -1.47. The molecule has 104 valence electrons. The summed E-state index contributed by atoms with van der Waals surface area (Å²) in [6.45, 7) is 0. The molecule has 0 aliphatic rings. The predicted molar refractivity (Wildman–Crippen MR) is 78.2 cm³/mol. The maximum absolute atomic E-state index is 13.9. The molecule has 7 heteroatoms. The van der Waals surface area contributed by atoms with Crippen LogP contribution in [0.5, 0.6) is 0 Å². The fourth-order valence-corrected chi connectivity index (χ4v) is 3.19. The van der Waals surface area contributed by atoms with E-state index in [4.69, 9.17) is 17.4 Å². The number of thiazole rings is 1. The number of nitrogens with one attached hydrogen (secondary N) is 1. The van der Waals surface area contributed by atoms with E-state index in [2.05, 4.69) is 10.4 Å². The summed E-state index contributed by atoms with van der Waals surface area (Å²) in [5.74, 6) is 5.18. The average Bonchev–Trinajstić information content (AvgIpc) is 2.98. The van der Waals surface area contributed by atoms with Crippen molar-refractivity contribution < 1.29 is 4.39 Å². The second-order valence-corrected chi connectivity index (χ2v) is 5.66. The third-order valence-corrected chi connectivity index (χ3v) is 4.21. The van der Waals surface area contributed by atoms with Gasteiger partial charge in [-0.3, -0.25) is 15.7 Å². The van der Waals surface area contributed by atoms with Crippen molar-refractivity contribution in [3.63, 3.8) is 0 Å². The zero-order valence-electron chi connectivity index (χ0n) is 10.4. The van der Waals surface area contributed by atoms with Gasteiger partial charge in [-0.1, -0.05) is 17.7 Å². The van der Waals surface area contributed by atoms with Crippen molar-refractivity contribution in [1.82, 2.24) is 14.8 Å². The van der Waals surface area contributed by atoms with Crippen LogP contribution in [0, 0.1) is 5.82 Å². The van der Waals surface area contributed by atoms with Gasteiger partial charge in [-0.2, -0.15) is 0 Å². The lowest BCUT2D eigenvalue weighted by atomic mass is 10.0. The van der Waals surface area contributed by atoms with Crippen LogP contribution in [0.25, 0.3) is 4.96 Å². The van der Waals surface area contributed by atoms with Gasteiger partial charge in [-0.25, -0.2) is 9.37 Å². The topological polar surface area (TPSA) is 55.3 Å². The molecule has 2 aromatic heterocycles. The molecule has 3 aromatic rings. The Bertz CT molecular complexity index is 690. The standard InChI is InChI=1S/C13H12ClFN4S/c14-9-2-1-3-10(15)12(9)11(18-16)6-8-7-19-4-5-20-13(19)17-8/h1-5,7,11,18H,6,16H2. The monoisotopic (exact) mass is 310 g/mol. The number of hydrogen-bond donors (Lipinski definition) is 2. The molecule has 20 heavy (non-hydrogen) atoms. The first-order chi connectivity index (χ1) is 9.69. The normalized spacial score (nSPS) is 12.9. The first-order valence-corrected chi connectivity index (χ1v) is 7.26. The zero-order chi connectivity index (χ0) is 14.1. The van der Waals surface area contributed by atoms with E-state index in [1.54, 1.807) is 23.5 Å². The molecule has 1 unspecified atom stereocenters. The minimum absolute atomic E-state index is 0.356. The Labute approximate surface area is 124 Å². The zero-order valence-corrected chi connectivity index (χ0v) is 12.0. The maximum Gasteiger partial charge on any atom is 0.193 e. The molecule has 0 aliphatic heterocycles. The fourth-order valence-electron chi connectivity index (χ4n) is 2.17. The van der Waals surface area contributed by atoms with Gasteiger partial charge in [-0.05, 0) is 12.1 Å². The summed E-state index contributed by atoms with van der Waals surface area (Å²) >= 11 is 7.61. The van der Waals surface area contributed by atoms with Crippen LogP contribution in [-0.2, 0) is 6.42 Å². The Morgan fingerprint density at radius 3 is 3.05 bits per heavy atom. The number of hydrazine groups is 1. The summed E-state index contributed by atoms with van der Waals surface area (Å²) in [5, 5.41) is 2.31. The molecule has 0 saturated carbocycles. The van der Waals surface area contributed by atoms with Gasteiger partial charge in [0.25, 0.3) is 0 Å². The minimum Gasteiger partial charge on any atom is -0.297 e. The Kier molecular flexibility index (Phi) is 3.71. The quantitative estimate of drug-likeness (QED) is 0.575. The lowest BCUT2D eigenvalue weighted by Crippen LogP contribution is -2.30. The fraction of sp³-hybridized carbons (Fsp3) is 0.154. The van der Waals surface area contributed by atoms with Crippen molar-refractivity contribution in [3.8, 4) is 0 Å². The number of aromatic nitrogens is 2. The lowest BCUT2D eigenvalue weighted by molar-refractivity contribution is 0.508. The number of rotatable bonds is 4. The molecule has 0 radical (unpaired) electrons. The van der Waals surface area contributed by atoms with Gasteiger partial charge >= 0.3 is 0 Å². The lowest BCUT2D eigenvalue weighted by Gasteiger charge is -2.17. The molecule has 0 amide bonds. The average molecular weight is 311 g/mol. The van der Waals surface area contributed by atoms with Crippen molar-refractivity contribution in [2.75, 3.05) is 0 Å². The third kappa shape index (κ3) is 2.43. The van der Waals surface area contributed by atoms with Crippen molar-refractivity contribution in [2.24, 2.45) is 5.84 Å². The van der Waals surface area contributed by atoms with Crippen LogP contribution >= 0.6 is 22.9 Å². The first kappa shape index (κ1) is 13.5. The van der Waals surface area contributed by atoms with Gasteiger partial charge in [0.2, 0.25) is 0 Å². The predicted octanol–water partition coefficient (Wildman–Crippen LogP) is 2.94. The van der Waals surface area contributed by atoms with E-state index in [0.29, 0.717) is 17.0 Å². The second-order valence-electron chi connectivity index (χ2n) is 4.38. The highest BCUT2D eigenvalue weighted by atomic mass is 35.5. The van der Waals surface area contributed by atoms with Gasteiger partial charge in [0.1, 0.15) is 5.82 Å². The molecule has 0 bridgehead atoms. The molecule has 0 aliphatic carbocycles. The molecule has 0 saturated heterocycles.